The maximum Gasteiger partial charge on any atom is 0.166 e. The van der Waals surface area contributed by atoms with Crippen LogP contribution in [0, 0.1) is 0 Å². The van der Waals surface area contributed by atoms with E-state index in [-0.39, 0.29) is 5.78 Å². The van der Waals surface area contributed by atoms with Crippen molar-refractivity contribution in [1.29, 1.82) is 0 Å². The van der Waals surface area contributed by atoms with E-state index in [1.54, 1.807) is 43.5 Å². The maximum atomic E-state index is 12.1. The molecule has 1 aromatic heterocycles. The van der Waals surface area contributed by atoms with E-state index in [0.717, 1.165) is 0 Å². The highest BCUT2D eigenvalue weighted by Gasteiger charge is 2.42. The fourth-order valence-electron chi connectivity index (χ4n) is 2.42. The summed E-state index contributed by atoms with van der Waals surface area (Å²) in [6.07, 6.45) is 3.08. The van der Waals surface area contributed by atoms with Gasteiger partial charge in [0.15, 0.2) is 11.4 Å². The number of aliphatic hydroxyl groups is 1. The molecule has 2 rings (SSSR count). The van der Waals surface area contributed by atoms with E-state index in [1.807, 2.05) is 0 Å². The number of carbonyl (C=O) groups is 1. The first kappa shape index (κ1) is 19.4. The first-order valence-electron chi connectivity index (χ1n) is 6.96. The number of hydrogen-bond donors (Lipinski definition) is 1. The molecule has 2 atom stereocenters. The summed E-state index contributed by atoms with van der Waals surface area (Å²) in [6, 6.07) is 8.36. The number of Topliss-reactive ketones (excluding diaryl/α,β-unsaturated/α-hetero) is 1. The van der Waals surface area contributed by atoms with Crippen molar-refractivity contribution in [2.45, 2.75) is 25.4 Å². The highest BCUT2D eigenvalue weighted by atomic mass is 35.5. The standard InChI is InChI=1S/C16H15Cl2NO2.C2H4/c1-10(14-6-5-13(17)8-15(14)18)16(21,11(2)20)12-4-3-7-19-9-12;1-2/h3-10,21H,1-2H3;1-2H2. The highest BCUT2D eigenvalue weighted by Crippen LogP contribution is 2.40. The van der Waals surface area contributed by atoms with Crippen LogP contribution in [-0.4, -0.2) is 15.9 Å². The first-order chi connectivity index (χ1) is 10.9. The summed E-state index contributed by atoms with van der Waals surface area (Å²) >= 11 is 12.1. The van der Waals surface area contributed by atoms with E-state index in [0.29, 0.717) is 21.2 Å². The second kappa shape index (κ2) is 8.25. The van der Waals surface area contributed by atoms with Crippen molar-refractivity contribution in [2.75, 3.05) is 0 Å². The summed E-state index contributed by atoms with van der Waals surface area (Å²) in [5.41, 5.74) is -0.593. The average molecular weight is 352 g/mol. The second-order valence-corrected chi connectivity index (χ2v) is 5.80. The zero-order valence-corrected chi connectivity index (χ0v) is 14.6. The summed E-state index contributed by atoms with van der Waals surface area (Å²) in [5.74, 6) is -0.905. The van der Waals surface area contributed by atoms with Crippen LogP contribution in [0.4, 0.5) is 0 Å². The van der Waals surface area contributed by atoms with Gasteiger partial charge in [-0.15, -0.1) is 13.2 Å². The zero-order chi connectivity index (χ0) is 17.6. The van der Waals surface area contributed by atoms with Crippen LogP contribution < -0.4 is 0 Å². The largest absolute Gasteiger partial charge is 0.377 e. The molecule has 5 heteroatoms. The number of aromatic nitrogens is 1. The summed E-state index contributed by atoms with van der Waals surface area (Å²) in [4.78, 5) is 16.1. The number of nitrogens with zero attached hydrogens (tertiary/aromatic N) is 1. The number of hydrogen-bond acceptors (Lipinski definition) is 3. The van der Waals surface area contributed by atoms with Gasteiger partial charge in [-0.1, -0.05) is 42.3 Å². The molecule has 2 unspecified atom stereocenters. The van der Waals surface area contributed by atoms with E-state index >= 15 is 0 Å². The van der Waals surface area contributed by atoms with E-state index in [1.165, 1.54) is 13.1 Å². The summed E-state index contributed by atoms with van der Waals surface area (Å²) in [6.45, 7) is 9.11. The van der Waals surface area contributed by atoms with E-state index in [4.69, 9.17) is 23.2 Å². The Labute approximate surface area is 146 Å². The normalized spacial score (nSPS) is 14.1. The minimum absolute atomic E-state index is 0.367. The zero-order valence-electron chi connectivity index (χ0n) is 13.1. The molecule has 0 saturated carbocycles. The van der Waals surface area contributed by atoms with Gasteiger partial charge in [0.1, 0.15) is 0 Å². The third-order valence-corrected chi connectivity index (χ3v) is 4.26. The number of pyridine rings is 1. The molecule has 3 nitrogen and oxygen atoms in total. The quantitative estimate of drug-likeness (QED) is 0.807. The predicted octanol–water partition coefficient (Wildman–Crippen LogP) is 4.77. The molecule has 1 heterocycles. The molecule has 0 amide bonds. The van der Waals surface area contributed by atoms with Gasteiger partial charge in [-0.25, -0.2) is 0 Å². The molecule has 23 heavy (non-hydrogen) atoms. The number of ketones is 1. The van der Waals surface area contributed by atoms with Crippen LogP contribution >= 0.6 is 23.2 Å². The molecular weight excluding hydrogens is 333 g/mol. The Hall–Kier alpha value is -1.68. The van der Waals surface area contributed by atoms with Gasteiger partial charge in [0.25, 0.3) is 0 Å². The van der Waals surface area contributed by atoms with Crippen LogP contribution in [0.1, 0.15) is 30.9 Å². The Morgan fingerprint density at radius 2 is 1.96 bits per heavy atom. The molecule has 0 bridgehead atoms. The van der Waals surface area contributed by atoms with Crippen LogP contribution in [0.3, 0.4) is 0 Å². The van der Waals surface area contributed by atoms with Crippen molar-refractivity contribution in [3.63, 3.8) is 0 Å². The van der Waals surface area contributed by atoms with Gasteiger partial charge in [0.2, 0.25) is 0 Å². The molecule has 0 fully saturated rings. The molecule has 0 aliphatic rings. The minimum Gasteiger partial charge on any atom is -0.377 e. The molecule has 0 radical (unpaired) electrons. The fraction of sp³-hybridized carbons (Fsp3) is 0.222. The minimum atomic E-state index is -1.69. The molecule has 2 aromatic rings. The summed E-state index contributed by atoms with van der Waals surface area (Å²) in [5, 5.41) is 11.9. The van der Waals surface area contributed by atoms with Crippen molar-refractivity contribution < 1.29 is 9.90 Å². The number of halogens is 2. The van der Waals surface area contributed by atoms with E-state index in [2.05, 4.69) is 18.1 Å². The van der Waals surface area contributed by atoms with Gasteiger partial charge < -0.3 is 5.11 Å². The van der Waals surface area contributed by atoms with Crippen molar-refractivity contribution in [2.24, 2.45) is 0 Å². The van der Waals surface area contributed by atoms with Crippen LogP contribution in [0.2, 0.25) is 10.0 Å². The van der Waals surface area contributed by atoms with Gasteiger partial charge in [-0.2, -0.15) is 0 Å². The van der Waals surface area contributed by atoms with Crippen molar-refractivity contribution in [3.05, 3.63) is 77.1 Å². The lowest BCUT2D eigenvalue weighted by atomic mass is 9.76. The van der Waals surface area contributed by atoms with Crippen molar-refractivity contribution >= 4 is 29.0 Å². The first-order valence-corrected chi connectivity index (χ1v) is 7.71. The average Bonchev–Trinajstić information content (AvgIpc) is 2.56. The Morgan fingerprint density at radius 1 is 1.30 bits per heavy atom. The van der Waals surface area contributed by atoms with E-state index < -0.39 is 11.5 Å². The van der Waals surface area contributed by atoms with Gasteiger partial charge >= 0.3 is 0 Å². The molecular formula is C18H19Cl2NO2. The Bertz CT molecular complexity index is 676. The number of benzene rings is 1. The third-order valence-electron chi connectivity index (χ3n) is 3.69. The van der Waals surface area contributed by atoms with Gasteiger partial charge in [0, 0.05) is 33.9 Å². The monoisotopic (exact) mass is 351 g/mol. The SMILES string of the molecule is C=C.CC(=O)C(O)(c1cccnc1)C(C)c1ccc(Cl)cc1Cl. The Morgan fingerprint density at radius 3 is 2.43 bits per heavy atom. The van der Waals surface area contributed by atoms with E-state index in [9.17, 15) is 9.90 Å². The molecule has 0 aliphatic carbocycles. The molecule has 122 valence electrons. The lowest BCUT2D eigenvalue weighted by Crippen LogP contribution is -2.39. The number of carbonyl (C=O) groups excluding carboxylic acids is 1. The predicted molar refractivity (Wildman–Crippen MR) is 94.9 cm³/mol. The molecule has 0 aliphatic heterocycles. The smallest absolute Gasteiger partial charge is 0.166 e. The Kier molecular flexibility index (Phi) is 6.95. The summed E-state index contributed by atoms with van der Waals surface area (Å²) < 4.78 is 0. The molecule has 0 spiro atoms. The molecule has 0 saturated heterocycles. The highest BCUT2D eigenvalue weighted by molar-refractivity contribution is 6.35. The van der Waals surface area contributed by atoms with Gasteiger partial charge in [-0.3, -0.25) is 9.78 Å². The van der Waals surface area contributed by atoms with Crippen molar-refractivity contribution in [1.82, 2.24) is 4.98 Å². The van der Waals surface area contributed by atoms with Crippen LogP contribution in [0.5, 0.6) is 0 Å². The second-order valence-electron chi connectivity index (χ2n) is 4.95. The molecule has 1 aromatic carbocycles. The molecule has 1 N–H and O–H groups in total. The Balaban J connectivity index is 0.00000127. The fourth-order valence-corrected chi connectivity index (χ4v) is 3.00. The lowest BCUT2D eigenvalue weighted by Gasteiger charge is -2.32. The van der Waals surface area contributed by atoms with Crippen molar-refractivity contribution in [3.8, 4) is 0 Å². The van der Waals surface area contributed by atoms with Gasteiger partial charge in [-0.05, 0) is 30.7 Å². The summed E-state index contributed by atoms with van der Waals surface area (Å²) in [7, 11) is 0. The lowest BCUT2D eigenvalue weighted by molar-refractivity contribution is -0.138. The van der Waals surface area contributed by atoms with Crippen LogP contribution in [0.15, 0.2) is 55.9 Å². The topological polar surface area (TPSA) is 50.2 Å². The maximum absolute atomic E-state index is 12.1. The van der Waals surface area contributed by atoms with Crippen LogP contribution in [0.25, 0.3) is 0 Å². The number of rotatable bonds is 4. The van der Waals surface area contributed by atoms with Gasteiger partial charge in [0.05, 0.1) is 0 Å². The van der Waals surface area contributed by atoms with Crippen LogP contribution in [-0.2, 0) is 10.4 Å². The third kappa shape index (κ3) is 3.99.